The second-order valence-electron chi connectivity index (χ2n) is 5.46. The van der Waals surface area contributed by atoms with Gasteiger partial charge in [-0.15, -0.1) is 0 Å². The average Bonchev–Trinajstić information content (AvgIpc) is 2.23. The number of hydrazine groups is 1. The Morgan fingerprint density at radius 2 is 2.06 bits per heavy atom. The molecule has 1 rings (SSSR count). The van der Waals surface area contributed by atoms with Crippen LogP contribution < -0.4 is 11.3 Å². The zero-order chi connectivity index (χ0) is 13.1. The summed E-state index contributed by atoms with van der Waals surface area (Å²) in [5.41, 5.74) is 3.88. The summed E-state index contributed by atoms with van der Waals surface area (Å²) in [4.78, 5) is 0. The molecule has 0 bridgehead atoms. The smallest absolute Gasteiger partial charge is 0.137 e. The molecule has 0 saturated heterocycles. The molecule has 4 heteroatoms. The third-order valence-electron chi connectivity index (χ3n) is 2.74. The van der Waals surface area contributed by atoms with Crippen molar-refractivity contribution in [1.29, 1.82) is 0 Å². The minimum absolute atomic E-state index is 0.0284. The summed E-state index contributed by atoms with van der Waals surface area (Å²) < 4.78 is 13.9. The molecular weight excluding hydrogens is 283 g/mol. The summed E-state index contributed by atoms with van der Waals surface area (Å²) in [5.74, 6) is 5.31. The normalized spacial score (nSPS) is 13.8. The van der Waals surface area contributed by atoms with Crippen molar-refractivity contribution in [3.63, 3.8) is 0 Å². The Morgan fingerprint density at radius 3 is 2.59 bits per heavy atom. The first-order valence-corrected chi connectivity index (χ1v) is 6.54. The molecule has 0 spiro atoms. The van der Waals surface area contributed by atoms with Crippen molar-refractivity contribution in [3.8, 4) is 0 Å². The molecule has 96 valence electrons. The highest BCUT2D eigenvalue weighted by molar-refractivity contribution is 9.10. The summed E-state index contributed by atoms with van der Waals surface area (Å²) in [5, 5.41) is 0. The number of nitrogens with one attached hydrogen (secondary N) is 1. The lowest BCUT2D eigenvalue weighted by Gasteiger charge is -2.23. The number of halogens is 2. The second-order valence-corrected chi connectivity index (χ2v) is 6.25. The standard InChI is InChI=1S/C13H20BrFN2/c1-13(2,3)8-7-11(17-16)9-5-4-6-10(15)12(9)14/h4-6,11,17H,7-8,16H2,1-3H3. The van der Waals surface area contributed by atoms with Gasteiger partial charge in [0.25, 0.3) is 0 Å². The Hall–Kier alpha value is -0.450. The molecule has 2 nitrogen and oxygen atoms in total. The van der Waals surface area contributed by atoms with Gasteiger partial charge in [0.2, 0.25) is 0 Å². The first kappa shape index (κ1) is 14.6. The van der Waals surface area contributed by atoms with Crippen molar-refractivity contribution in [1.82, 2.24) is 5.43 Å². The average molecular weight is 303 g/mol. The van der Waals surface area contributed by atoms with Gasteiger partial charge in [-0.2, -0.15) is 0 Å². The molecule has 0 aromatic heterocycles. The first-order valence-electron chi connectivity index (χ1n) is 5.75. The van der Waals surface area contributed by atoms with Gasteiger partial charge < -0.3 is 0 Å². The minimum Gasteiger partial charge on any atom is -0.271 e. The summed E-state index contributed by atoms with van der Waals surface area (Å²) in [6.45, 7) is 6.55. The van der Waals surface area contributed by atoms with E-state index in [2.05, 4.69) is 42.1 Å². The summed E-state index contributed by atoms with van der Waals surface area (Å²) in [6, 6.07) is 5.00. The molecule has 0 amide bonds. The van der Waals surface area contributed by atoms with Crippen molar-refractivity contribution < 1.29 is 4.39 Å². The van der Waals surface area contributed by atoms with Gasteiger partial charge >= 0.3 is 0 Å². The van der Waals surface area contributed by atoms with Gasteiger partial charge in [0.05, 0.1) is 4.47 Å². The van der Waals surface area contributed by atoms with Gasteiger partial charge in [0.1, 0.15) is 5.82 Å². The van der Waals surface area contributed by atoms with Gasteiger partial charge in [0, 0.05) is 6.04 Å². The summed E-state index contributed by atoms with van der Waals surface area (Å²) >= 11 is 3.27. The Balaban J connectivity index is 2.83. The fourth-order valence-electron chi connectivity index (χ4n) is 1.70. The fraction of sp³-hybridized carbons (Fsp3) is 0.538. The van der Waals surface area contributed by atoms with Crippen LogP contribution in [0.15, 0.2) is 22.7 Å². The topological polar surface area (TPSA) is 38.0 Å². The maximum absolute atomic E-state index is 13.4. The lowest BCUT2D eigenvalue weighted by Crippen LogP contribution is -2.29. The van der Waals surface area contributed by atoms with Gasteiger partial charge in [0.15, 0.2) is 0 Å². The molecule has 1 aromatic carbocycles. The Kier molecular flexibility index (Phi) is 5.10. The van der Waals surface area contributed by atoms with E-state index in [-0.39, 0.29) is 17.3 Å². The van der Waals surface area contributed by atoms with Crippen molar-refractivity contribution in [2.24, 2.45) is 11.3 Å². The lowest BCUT2D eigenvalue weighted by atomic mass is 9.87. The van der Waals surface area contributed by atoms with E-state index >= 15 is 0 Å². The Bertz CT molecular complexity index is 374. The number of nitrogens with two attached hydrogens (primary N) is 1. The van der Waals surface area contributed by atoms with E-state index in [4.69, 9.17) is 5.84 Å². The van der Waals surface area contributed by atoms with Crippen molar-refractivity contribution in [2.75, 3.05) is 0 Å². The fourth-order valence-corrected chi connectivity index (χ4v) is 2.24. The van der Waals surface area contributed by atoms with E-state index in [1.54, 1.807) is 6.07 Å². The van der Waals surface area contributed by atoms with Crippen molar-refractivity contribution in [2.45, 2.75) is 39.7 Å². The van der Waals surface area contributed by atoms with Crippen LogP contribution in [0.3, 0.4) is 0 Å². The van der Waals surface area contributed by atoms with E-state index in [0.717, 1.165) is 18.4 Å². The molecule has 1 atom stereocenters. The van der Waals surface area contributed by atoms with Crippen LogP contribution >= 0.6 is 15.9 Å². The number of rotatable bonds is 4. The predicted octanol–water partition coefficient (Wildman–Crippen LogP) is 3.92. The van der Waals surface area contributed by atoms with Crippen LogP contribution in [0.25, 0.3) is 0 Å². The van der Waals surface area contributed by atoms with Crippen LogP contribution in [0.5, 0.6) is 0 Å². The Morgan fingerprint density at radius 1 is 1.41 bits per heavy atom. The quantitative estimate of drug-likeness (QED) is 0.653. The van der Waals surface area contributed by atoms with E-state index in [1.807, 2.05) is 6.07 Å². The number of hydrogen-bond donors (Lipinski definition) is 2. The van der Waals surface area contributed by atoms with Crippen molar-refractivity contribution >= 4 is 15.9 Å². The highest BCUT2D eigenvalue weighted by atomic mass is 79.9. The molecule has 0 aliphatic heterocycles. The zero-order valence-corrected chi connectivity index (χ0v) is 12.1. The predicted molar refractivity (Wildman–Crippen MR) is 72.9 cm³/mol. The van der Waals surface area contributed by atoms with Crippen LogP contribution in [-0.2, 0) is 0 Å². The molecule has 0 heterocycles. The lowest BCUT2D eigenvalue weighted by molar-refractivity contribution is 0.333. The van der Waals surface area contributed by atoms with Crippen LogP contribution in [-0.4, -0.2) is 0 Å². The van der Waals surface area contributed by atoms with Crippen molar-refractivity contribution in [3.05, 3.63) is 34.1 Å². The zero-order valence-electron chi connectivity index (χ0n) is 10.6. The number of benzene rings is 1. The van der Waals surface area contributed by atoms with Crippen LogP contribution in [0, 0.1) is 11.2 Å². The molecule has 0 aliphatic rings. The van der Waals surface area contributed by atoms with Gasteiger partial charge in [-0.1, -0.05) is 32.9 Å². The monoisotopic (exact) mass is 302 g/mol. The molecule has 17 heavy (non-hydrogen) atoms. The summed E-state index contributed by atoms with van der Waals surface area (Å²) in [6.07, 6.45) is 1.90. The molecule has 1 aromatic rings. The Labute approximate surface area is 111 Å². The highest BCUT2D eigenvalue weighted by Gasteiger charge is 2.18. The van der Waals surface area contributed by atoms with E-state index in [1.165, 1.54) is 6.07 Å². The SMILES string of the molecule is CC(C)(C)CCC(NN)c1cccc(F)c1Br. The third kappa shape index (κ3) is 4.37. The molecule has 0 fully saturated rings. The van der Waals surface area contributed by atoms with Crippen LogP contribution in [0.1, 0.15) is 45.2 Å². The number of hydrogen-bond acceptors (Lipinski definition) is 2. The van der Waals surface area contributed by atoms with Gasteiger partial charge in [-0.25, -0.2) is 4.39 Å². The third-order valence-corrected chi connectivity index (χ3v) is 3.58. The summed E-state index contributed by atoms with van der Waals surface area (Å²) in [7, 11) is 0. The maximum Gasteiger partial charge on any atom is 0.137 e. The molecule has 0 radical (unpaired) electrons. The highest BCUT2D eigenvalue weighted by Crippen LogP contribution is 2.31. The maximum atomic E-state index is 13.4. The largest absolute Gasteiger partial charge is 0.271 e. The molecule has 3 N–H and O–H groups in total. The molecular formula is C13H20BrFN2. The van der Waals surface area contributed by atoms with Crippen LogP contribution in [0.2, 0.25) is 0 Å². The van der Waals surface area contributed by atoms with Gasteiger partial charge in [-0.3, -0.25) is 11.3 Å². The molecule has 1 unspecified atom stereocenters. The van der Waals surface area contributed by atoms with E-state index < -0.39 is 0 Å². The van der Waals surface area contributed by atoms with E-state index in [0.29, 0.717) is 4.47 Å². The molecule has 0 aliphatic carbocycles. The second kappa shape index (κ2) is 5.94. The minimum atomic E-state index is -0.251. The molecule has 0 saturated carbocycles. The van der Waals surface area contributed by atoms with Gasteiger partial charge in [-0.05, 0) is 45.8 Å². The first-order chi connectivity index (χ1) is 7.85. The van der Waals surface area contributed by atoms with E-state index in [9.17, 15) is 4.39 Å². The van der Waals surface area contributed by atoms with Crippen LogP contribution in [0.4, 0.5) is 4.39 Å².